The van der Waals surface area contributed by atoms with E-state index in [2.05, 4.69) is 38.2 Å². The van der Waals surface area contributed by atoms with Crippen LogP contribution in [0, 0.1) is 10.5 Å². The number of carbonyl (C=O) groups is 1. The molecule has 0 saturated carbocycles. The van der Waals surface area contributed by atoms with Gasteiger partial charge in [0.2, 0.25) is 0 Å². The fraction of sp³-hybridized carbons (Fsp3) is 0.150. The first-order valence-electron chi connectivity index (χ1n) is 8.58. The summed E-state index contributed by atoms with van der Waals surface area (Å²) in [4.78, 5) is 12.0. The SMILES string of the molecule is COc1ccc(OCC(=O)N/N=C/c2c(C)nn(-c3ccccc3)c2Cl)c(I)c1. The van der Waals surface area contributed by atoms with E-state index in [0.29, 0.717) is 22.2 Å². The molecule has 2 aromatic carbocycles. The number of aromatic nitrogens is 2. The van der Waals surface area contributed by atoms with Gasteiger partial charge in [0.1, 0.15) is 16.7 Å². The Morgan fingerprint density at radius 2 is 2.07 bits per heavy atom. The normalized spacial score (nSPS) is 10.9. The molecule has 0 radical (unpaired) electrons. The average molecular weight is 525 g/mol. The zero-order valence-electron chi connectivity index (χ0n) is 15.7. The standard InChI is InChI=1S/C20H18ClIN4O3/c1-13-16(20(21)26(25-13)14-6-4-3-5-7-14)11-23-24-19(27)12-29-18-9-8-15(28-2)10-17(18)22/h3-11H,12H2,1-2H3,(H,24,27)/b23-11+. The third kappa shape index (κ3) is 5.27. The molecule has 0 aliphatic carbocycles. The van der Waals surface area contributed by atoms with Crippen LogP contribution in [0.3, 0.4) is 0 Å². The fourth-order valence-corrected chi connectivity index (χ4v) is 3.43. The van der Waals surface area contributed by atoms with Crippen molar-refractivity contribution in [2.24, 2.45) is 5.10 Å². The number of benzene rings is 2. The second kappa shape index (κ2) is 9.75. The van der Waals surface area contributed by atoms with E-state index in [4.69, 9.17) is 21.1 Å². The molecule has 9 heteroatoms. The summed E-state index contributed by atoms with van der Waals surface area (Å²) in [5.74, 6) is 0.921. The molecular weight excluding hydrogens is 507 g/mol. The summed E-state index contributed by atoms with van der Waals surface area (Å²) in [6.45, 7) is 1.65. The number of rotatable bonds is 7. The monoisotopic (exact) mass is 524 g/mol. The minimum Gasteiger partial charge on any atom is -0.497 e. The van der Waals surface area contributed by atoms with Crippen molar-refractivity contribution in [2.75, 3.05) is 13.7 Å². The number of nitrogens with zero attached hydrogens (tertiary/aromatic N) is 3. The van der Waals surface area contributed by atoms with Crippen molar-refractivity contribution >= 4 is 46.3 Å². The first kappa shape index (κ1) is 21.1. The van der Waals surface area contributed by atoms with Gasteiger partial charge in [-0.05, 0) is 59.8 Å². The molecule has 0 aliphatic rings. The number of hydrogen-bond acceptors (Lipinski definition) is 5. The molecule has 0 unspecified atom stereocenters. The van der Waals surface area contributed by atoms with Crippen LogP contribution in [-0.4, -0.2) is 35.6 Å². The predicted octanol–water partition coefficient (Wildman–Crippen LogP) is 3.98. The summed E-state index contributed by atoms with van der Waals surface area (Å²) in [5.41, 5.74) is 4.59. The molecule has 1 aromatic heterocycles. The molecule has 0 fully saturated rings. The van der Waals surface area contributed by atoms with Gasteiger partial charge in [0.25, 0.3) is 5.91 Å². The van der Waals surface area contributed by atoms with Gasteiger partial charge in [0.05, 0.1) is 33.8 Å². The fourth-order valence-electron chi connectivity index (χ4n) is 2.47. The number of nitrogens with one attached hydrogen (secondary N) is 1. The number of aryl methyl sites for hydroxylation is 1. The van der Waals surface area contributed by atoms with Crippen molar-refractivity contribution in [2.45, 2.75) is 6.92 Å². The number of hydrogen-bond donors (Lipinski definition) is 1. The van der Waals surface area contributed by atoms with E-state index >= 15 is 0 Å². The van der Waals surface area contributed by atoms with E-state index < -0.39 is 5.91 Å². The van der Waals surface area contributed by atoms with Crippen LogP contribution < -0.4 is 14.9 Å². The second-order valence-corrected chi connectivity index (χ2v) is 7.44. The molecule has 1 N–H and O–H groups in total. The van der Waals surface area contributed by atoms with E-state index in [1.54, 1.807) is 23.9 Å². The van der Waals surface area contributed by atoms with Crippen LogP contribution in [0.1, 0.15) is 11.3 Å². The number of amides is 1. The molecule has 1 amide bonds. The van der Waals surface area contributed by atoms with Gasteiger partial charge in [-0.15, -0.1) is 0 Å². The van der Waals surface area contributed by atoms with Crippen molar-refractivity contribution in [1.82, 2.24) is 15.2 Å². The van der Waals surface area contributed by atoms with Crippen LogP contribution in [0.15, 0.2) is 53.6 Å². The first-order valence-corrected chi connectivity index (χ1v) is 10.0. The van der Waals surface area contributed by atoms with Crippen LogP contribution in [0.5, 0.6) is 11.5 Å². The Kier molecular flexibility index (Phi) is 7.10. The Labute approximate surface area is 186 Å². The van der Waals surface area contributed by atoms with Gasteiger partial charge in [-0.1, -0.05) is 29.8 Å². The lowest BCUT2D eigenvalue weighted by Gasteiger charge is -2.08. The smallest absolute Gasteiger partial charge is 0.277 e. The Morgan fingerprint density at radius 1 is 1.31 bits per heavy atom. The van der Waals surface area contributed by atoms with Crippen LogP contribution in [-0.2, 0) is 4.79 Å². The number of ether oxygens (including phenoxy) is 2. The number of halogens is 2. The highest BCUT2D eigenvalue weighted by molar-refractivity contribution is 14.1. The molecule has 29 heavy (non-hydrogen) atoms. The van der Waals surface area contributed by atoms with Crippen LogP contribution in [0.4, 0.5) is 0 Å². The number of hydrazone groups is 1. The Bertz CT molecular complexity index is 1040. The van der Waals surface area contributed by atoms with Crippen LogP contribution >= 0.6 is 34.2 Å². The van der Waals surface area contributed by atoms with Gasteiger partial charge in [-0.25, -0.2) is 10.1 Å². The van der Waals surface area contributed by atoms with Crippen molar-refractivity contribution in [1.29, 1.82) is 0 Å². The quantitative estimate of drug-likeness (QED) is 0.288. The number of para-hydroxylation sites is 1. The van der Waals surface area contributed by atoms with Crippen molar-refractivity contribution in [3.63, 3.8) is 0 Å². The van der Waals surface area contributed by atoms with Gasteiger partial charge < -0.3 is 9.47 Å². The molecular formula is C20H18ClIN4O3. The highest BCUT2D eigenvalue weighted by atomic mass is 127. The molecule has 1 heterocycles. The summed E-state index contributed by atoms with van der Waals surface area (Å²) in [6.07, 6.45) is 1.47. The minimum atomic E-state index is -0.392. The maximum atomic E-state index is 12.0. The Morgan fingerprint density at radius 3 is 2.76 bits per heavy atom. The van der Waals surface area contributed by atoms with Crippen molar-refractivity contribution < 1.29 is 14.3 Å². The summed E-state index contributed by atoms with van der Waals surface area (Å²) in [6, 6.07) is 14.9. The summed E-state index contributed by atoms with van der Waals surface area (Å²) in [7, 11) is 1.59. The van der Waals surface area contributed by atoms with Gasteiger partial charge >= 0.3 is 0 Å². The maximum absolute atomic E-state index is 12.0. The largest absolute Gasteiger partial charge is 0.497 e. The molecule has 0 aliphatic heterocycles. The van der Waals surface area contributed by atoms with Crippen LogP contribution in [0.25, 0.3) is 5.69 Å². The van der Waals surface area contributed by atoms with Gasteiger partial charge in [0.15, 0.2) is 6.61 Å². The van der Waals surface area contributed by atoms with Crippen LogP contribution in [0.2, 0.25) is 5.15 Å². The van der Waals surface area contributed by atoms with E-state index in [9.17, 15) is 4.79 Å². The summed E-state index contributed by atoms with van der Waals surface area (Å²) in [5, 5.41) is 8.80. The molecule has 0 saturated heterocycles. The first-order chi connectivity index (χ1) is 14.0. The zero-order chi connectivity index (χ0) is 20.8. The van der Waals surface area contributed by atoms with E-state index in [0.717, 1.165) is 15.0 Å². The highest BCUT2D eigenvalue weighted by Gasteiger charge is 2.13. The minimum absolute atomic E-state index is 0.171. The van der Waals surface area contributed by atoms with Gasteiger partial charge in [0, 0.05) is 0 Å². The zero-order valence-corrected chi connectivity index (χ0v) is 18.6. The lowest BCUT2D eigenvalue weighted by Crippen LogP contribution is -2.24. The van der Waals surface area contributed by atoms with Crippen molar-refractivity contribution in [3.05, 3.63) is 68.5 Å². The Hall–Kier alpha value is -2.59. The predicted molar refractivity (Wildman–Crippen MR) is 120 cm³/mol. The summed E-state index contributed by atoms with van der Waals surface area (Å²) < 4.78 is 13.1. The second-order valence-electron chi connectivity index (χ2n) is 5.92. The molecule has 0 spiro atoms. The topological polar surface area (TPSA) is 77.7 Å². The molecule has 7 nitrogen and oxygen atoms in total. The van der Waals surface area contributed by atoms with E-state index in [1.165, 1.54) is 6.21 Å². The molecule has 3 rings (SSSR count). The Balaban J connectivity index is 1.60. The third-order valence-electron chi connectivity index (χ3n) is 3.93. The number of methoxy groups -OCH3 is 1. The van der Waals surface area contributed by atoms with E-state index in [1.807, 2.05) is 43.3 Å². The highest BCUT2D eigenvalue weighted by Crippen LogP contribution is 2.25. The lowest BCUT2D eigenvalue weighted by molar-refractivity contribution is -0.123. The lowest BCUT2D eigenvalue weighted by atomic mass is 10.3. The van der Waals surface area contributed by atoms with E-state index in [-0.39, 0.29) is 6.61 Å². The number of carbonyl (C=O) groups excluding carboxylic acids is 1. The summed E-state index contributed by atoms with van der Waals surface area (Å²) >= 11 is 8.54. The molecule has 3 aromatic rings. The molecule has 0 atom stereocenters. The van der Waals surface area contributed by atoms with Gasteiger partial charge in [-0.3, -0.25) is 4.79 Å². The molecule has 150 valence electrons. The van der Waals surface area contributed by atoms with Crippen molar-refractivity contribution in [3.8, 4) is 17.2 Å². The molecule has 0 bridgehead atoms. The third-order valence-corrected chi connectivity index (χ3v) is 5.14. The average Bonchev–Trinajstić information content (AvgIpc) is 3.01. The maximum Gasteiger partial charge on any atom is 0.277 e. The van der Waals surface area contributed by atoms with Gasteiger partial charge in [-0.2, -0.15) is 10.2 Å².